The second-order valence-electron chi connectivity index (χ2n) is 4.53. The highest BCUT2D eigenvalue weighted by atomic mass is 32.2. The summed E-state index contributed by atoms with van der Waals surface area (Å²) in [5.41, 5.74) is 1.68. The molecule has 2 rings (SSSR count). The lowest BCUT2D eigenvalue weighted by molar-refractivity contribution is -0.384. The maximum absolute atomic E-state index is 12.1. The molecule has 0 aliphatic carbocycles. The van der Waals surface area contributed by atoms with Crippen LogP contribution in [0.5, 0.6) is 5.75 Å². The van der Waals surface area contributed by atoms with Crippen LogP contribution in [0.1, 0.15) is 11.1 Å². The third kappa shape index (κ3) is 3.38. The molecule has 0 radical (unpaired) electrons. The minimum Gasteiger partial charge on any atom is -0.379 e. The Morgan fingerprint density at radius 2 is 1.62 bits per heavy atom. The summed E-state index contributed by atoms with van der Waals surface area (Å²) in [5.74, 6) is 0.0267. The quantitative estimate of drug-likeness (QED) is 0.492. The zero-order valence-corrected chi connectivity index (χ0v) is 12.3. The van der Waals surface area contributed by atoms with E-state index < -0.39 is 15.0 Å². The minimum atomic E-state index is -3.96. The van der Waals surface area contributed by atoms with E-state index in [9.17, 15) is 18.5 Å². The smallest absolute Gasteiger partial charge is 0.339 e. The number of hydrogen-bond donors (Lipinski definition) is 0. The molecule has 0 saturated carbocycles. The number of aryl methyl sites for hydroxylation is 2. The normalized spacial score (nSPS) is 11.1. The van der Waals surface area contributed by atoms with Crippen molar-refractivity contribution in [2.24, 2.45) is 0 Å². The molecule has 0 amide bonds. The molecule has 0 aliphatic rings. The molecular weight excluding hydrogens is 294 g/mol. The summed E-state index contributed by atoms with van der Waals surface area (Å²) in [6.07, 6.45) is 0. The summed E-state index contributed by atoms with van der Waals surface area (Å²) in [7, 11) is -3.96. The Balaban J connectivity index is 2.28. The van der Waals surface area contributed by atoms with E-state index in [2.05, 4.69) is 0 Å². The van der Waals surface area contributed by atoms with Crippen LogP contribution >= 0.6 is 0 Å². The van der Waals surface area contributed by atoms with Crippen molar-refractivity contribution in [3.63, 3.8) is 0 Å². The largest absolute Gasteiger partial charge is 0.379 e. The van der Waals surface area contributed by atoms with Gasteiger partial charge < -0.3 is 4.18 Å². The lowest BCUT2D eigenvalue weighted by Crippen LogP contribution is -2.10. The van der Waals surface area contributed by atoms with Gasteiger partial charge in [0.1, 0.15) is 10.6 Å². The van der Waals surface area contributed by atoms with Gasteiger partial charge in [-0.1, -0.05) is 6.07 Å². The molecule has 0 spiro atoms. The maximum Gasteiger partial charge on any atom is 0.339 e. The van der Waals surface area contributed by atoms with Gasteiger partial charge in [-0.05, 0) is 49.2 Å². The van der Waals surface area contributed by atoms with Crippen molar-refractivity contribution < 1.29 is 17.5 Å². The van der Waals surface area contributed by atoms with E-state index in [1.54, 1.807) is 13.0 Å². The summed E-state index contributed by atoms with van der Waals surface area (Å²) < 4.78 is 29.2. The van der Waals surface area contributed by atoms with Crippen molar-refractivity contribution in [1.29, 1.82) is 0 Å². The van der Waals surface area contributed by atoms with E-state index >= 15 is 0 Å². The molecule has 110 valence electrons. The number of nitro benzene ring substituents is 1. The minimum absolute atomic E-state index is 0.0267. The van der Waals surface area contributed by atoms with Gasteiger partial charge in [0.2, 0.25) is 0 Å². The van der Waals surface area contributed by atoms with Crippen LogP contribution in [0, 0.1) is 24.0 Å². The van der Waals surface area contributed by atoms with Gasteiger partial charge >= 0.3 is 10.1 Å². The first-order chi connectivity index (χ1) is 9.79. The molecule has 0 heterocycles. The summed E-state index contributed by atoms with van der Waals surface area (Å²) in [6, 6.07) is 9.55. The fourth-order valence-corrected chi connectivity index (χ4v) is 2.68. The summed E-state index contributed by atoms with van der Waals surface area (Å²) in [4.78, 5) is 10.0. The highest BCUT2D eigenvalue weighted by Crippen LogP contribution is 2.22. The molecule has 0 fully saturated rings. The summed E-state index contributed by atoms with van der Waals surface area (Å²) in [5, 5.41) is 10.5. The standard InChI is InChI=1S/C14H13NO5S/c1-10-3-8-14(9-11(10)2)21(18,19)20-13-6-4-12(5-7-13)15(16)17/h3-9H,1-2H3. The molecule has 0 N–H and O–H groups in total. The van der Waals surface area contributed by atoms with Crippen molar-refractivity contribution in [2.75, 3.05) is 0 Å². The fraction of sp³-hybridized carbons (Fsp3) is 0.143. The zero-order chi connectivity index (χ0) is 15.6. The lowest BCUT2D eigenvalue weighted by atomic mass is 10.1. The average Bonchev–Trinajstić information content (AvgIpc) is 2.42. The molecule has 2 aromatic carbocycles. The number of rotatable bonds is 4. The number of non-ortho nitro benzene ring substituents is 1. The topological polar surface area (TPSA) is 86.5 Å². The van der Waals surface area contributed by atoms with E-state index in [1.807, 2.05) is 6.92 Å². The number of hydrogen-bond acceptors (Lipinski definition) is 5. The van der Waals surface area contributed by atoms with Crippen molar-refractivity contribution >= 4 is 15.8 Å². The highest BCUT2D eigenvalue weighted by molar-refractivity contribution is 7.87. The van der Waals surface area contributed by atoms with E-state index in [-0.39, 0.29) is 16.3 Å². The van der Waals surface area contributed by atoms with Gasteiger partial charge in [0, 0.05) is 12.1 Å². The Bertz CT molecular complexity index is 782. The van der Waals surface area contributed by atoms with Crippen LogP contribution in [0.4, 0.5) is 5.69 Å². The van der Waals surface area contributed by atoms with Crippen LogP contribution in [0.25, 0.3) is 0 Å². The molecule has 6 nitrogen and oxygen atoms in total. The second kappa shape index (κ2) is 5.53. The van der Waals surface area contributed by atoms with E-state index in [0.717, 1.165) is 11.1 Å². The SMILES string of the molecule is Cc1ccc(S(=O)(=O)Oc2ccc([N+](=O)[O-])cc2)cc1C. The Kier molecular flexibility index (Phi) is 3.95. The first-order valence-corrected chi connectivity index (χ1v) is 7.46. The molecule has 2 aromatic rings. The first kappa shape index (κ1) is 15.0. The molecule has 0 atom stereocenters. The van der Waals surface area contributed by atoms with Gasteiger partial charge in [-0.15, -0.1) is 0 Å². The van der Waals surface area contributed by atoms with E-state index in [0.29, 0.717) is 0 Å². The van der Waals surface area contributed by atoms with Gasteiger partial charge in [-0.25, -0.2) is 0 Å². The Hall–Kier alpha value is -2.41. The molecule has 0 saturated heterocycles. The summed E-state index contributed by atoms with van der Waals surface area (Å²) in [6.45, 7) is 3.68. The van der Waals surface area contributed by atoms with Crippen molar-refractivity contribution in [3.8, 4) is 5.75 Å². The predicted molar refractivity (Wildman–Crippen MR) is 76.8 cm³/mol. The monoisotopic (exact) mass is 307 g/mol. The van der Waals surface area contributed by atoms with Crippen LogP contribution in [-0.2, 0) is 10.1 Å². The van der Waals surface area contributed by atoms with E-state index in [4.69, 9.17) is 4.18 Å². The lowest BCUT2D eigenvalue weighted by Gasteiger charge is -2.08. The average molecular weight is 307 g/mol. The third-order valence-corrected chi connectivity index (χ3v) is 4.26. The van der Waals surface area contributed by atoms with Gasteiger partial charge in [-0.3, -0.25) is 10.1 Å². The van der Waals surface area contributed by atoms with Crippen LogP contribution in [0.3, 0.4) is 0 Å². The van der Waals surface area contributed by atoms with Crippen LogP contribution < -0.4 is 4.18 Å². The molecule has 0 aliphatic heterocycles. The Morgan fingerprint density at radius 3 is 2.14 bits per heavy atom. The summed E-state index contributed by atoms with van der Waals surface area (Å²) >= 11 is 0. The molecule has 0 bridgehead atoms. The number of benzene rings is 2. The Morgan fingerprint density at radius 1 is 1.00 bits per heavy atom. The van der Waals surface area contributed by atoms with Crippen LogP contribution in [0.15, 0.2) is 47.4 Å². The molecule has 21 heavy (non-hydrogen) atoms. The van der Waals surface area contributed by atoms with Gasteiger partial charge in [0.25, 0.3) is 5.69 Å². The molecule has 0 unspecified atom stereocenters. The molecule has 7 heteroatoms. The van der Waals surface area contributed by atoms with Crippen LogP contribution in [0.2, 0.25) is 0 Å². The van der Waals surface area contributed by atoms with Crippen molar-refractivity contribution in [1.82, 2.24) is 0 Å². The van der Waals surface area contributed by atoms with Crippen molar-refractivity contribution in [3.05, 3.63) is 63.7 Å². The van der Waals surface area contributed by atoms with Gasteiger partial charge in [0.05, 0.1) is 4.92 Å². The third-order valence-electron chi connectivity index (χ3n) is 3.02. The fourth-order valence-electron chi connectivity index (χ4n) is 1.67. The highest BCUT2D eigenvalue weighted by Gasteiger charge is 2.17. The van der Waals surface area contributed by atoms with Crippen molar-refractivity contribution in [2.45, 2.75) is 18.7 Å². The van der Waals surface area contributed by atoms with Gasteiger partial charge in [-0.2, -0.15) is 8.42 Å². The van der Waals surface area contributed by atoms with Crippen LogP contribution in [-0.4, -0.2) is 13.3 Å². The maximum atomic E-state index is 12.1. The zero-order valence-electron chi connectivity index (χ0n) is 11.4. The first-order valence-electron chi connectivity index (χ1n) is 6.06. The predicted octanol–water partition coefficient (Wildman–Crippen LogP) is 2.98. The van der Waals surface area contributed by atoms with E-state index in [1.165, 1.54) is 36.4 Å². The Labute approximate surface area is 122 Å². The number of nitro groups is 1. The van der Waals surface area contributed by atoms with Gasteiger partial charge in [0.15, 0.2) is 0 Å². The molecular formula is C14H13NO5S. The second-order valence-corrected chi connectivity index (χ2v) is 6.08. The number of nitrogens with zero attached hydrogens (tertiary/aromatic N) is 1. The molecule has 0 aromatic heterocycles.